The van der Waals surface area contributed by atoms with Crippen LogP contribution < -0.4 is 0 Å². The minimum Gasteiger partial charge on any atom is -0.508 e. The van der Waals surface area contributed by atoms with Crippen LogP contribution in [0.3, 0.4) is 0 Å². The van der Waals surface area contributed by atoms with Crippen LogP contribution in [0.5, 0.6) is 11.5 Å². The molecule has 2 aromatic rings. The Bertz CT molecular complexity index is 673. The molecule has 0 amide bonds. The Labute approximate surface area is 105 Å². The second kappa shape index (κ2) is 4.34. The maximum Gasteiger partial charge on any atom is 0.175 e. The lowest BCUT2D eigenvalue weighted by Crippen LogP contribution is -1.96. The van der Waals surface area contributed by atoms with Gasteiger partial charge in [0.15, 0.2) is 9.84 Å². The number of phenolic OH excluding ortho intramolecular Hbond substituents is 2. The van der Waals surface area contributed by atoms with Crippen LogP contribution in [-0.4, -0.2) is 24.9 Å². The highest BCUT2D eigenvalue weighted by Gasteiger charge is 2.09. The van der Waals surface area contributed by atoms with Crippen LogP contribution in [0.1, 0.15) is 0 Å². The molecule has 94 valence electrons. The van der Waals surface area contributed by atoms with Gasteiger partial charge in [0.25, 0.3) is 0 Å². The van der Waals surface area contributed by atoms with Crippen molar-refractivity contribution in [3.8, 4) is 22.6 Å². The Morgan fingerprint density at radius 1 is 0.944 bits per heavy atom. The molecule has 2 N–H and O–H groups in total. The van der Waals surface area contributed by atoms with Gasteiger partial charge in [-0.3, -0.25) is 0 Å². The molecule has 0 saturated carbocycles. The molecule has 0 aromatic heterocycles. The first-order chi connectivity index (χ1) is 8.38. The van der Waals surface area contributed by atoms with E-state index in [1.165, 1.54) is 24.3 Å². The predicted molar refractivity (Wildman–Crippen MR) is 68.3 cm³/mol. The molecule has 0 fully saturated rings. The Morgan fingerprint density at radius 2 is 1.56 bits per heavy atom. The number of benzene rings is 2. The Balaban J connectivity index is 2.47. The van der Waals surface area contributed by atoms with Crippen molar-refractivity contribution in [3.63, 3.8) is 0 Å². The molecule has 0 radical (unpaired) electrons. The van der Waals surface area contributed by atoms with Crippen molar-refractivity contribution in [2.24, 2.45) is 0 Å². The van der Waals surface area contributed by atoms with Gasteiger partial charge in [-0.05, 0) is 29.8 Å². The lowest BCUT2D eigenvalue weighted by Gasteiger charge is -2.06. The van der Waals surface area contributed by atoms with E-state index >= 15 is 0 Å². The van der Waals surface area contributed by atoms with E-state index in [-0.39, 0.29) is 16.4 Å². The van der Waals surface area contributed by atoms with E-state index in [1.54, 1.807) is 18.2 Å². The van der Waals surface area contributed by atoms with Crippen LogP contribution in [0.25, 0.3) is 11.1 Å². The summed E-state index contributed by atoms with van der Waals surface area (Å²) in [4.78, 5) is 0.226. The summed E-state index contributed by atoms with van der Waals surface area (Å²) in [6.07, 6.45) is 1.14. The number of rotatable bonds is 2. The Hall–Kier alpha value is -2.01. The van der Waals surface area contributed by atoms with Crippen molar-refractivity contribution < 1.29 is 18.6 Å². The minimum absolute atomic E-state index is 0.0241. The van der Waals surface area contributed by atoms with Gasteiger partial charge in [0.2, 0.25) is 0 Å². The summed E-state index contributed by atoms with van der Waals surface area (Å²) in [5.41, 5.74) is 1.22. The van der Waals surface area contributed by atoms with E-state index < -0.39 is 9.84 Å². The topological polar surface area (TPSA) is 74.6 Å². The van der Waals surface area contributed by atoms with Crippen molar-refractivity contribution in [3.05, 3.63) is 42.5 Å². The summed E-state index contributed by atoms with van der Waals surface area (Å²) in [6, 6.07) is 10.5. The fourth-order valence-electron chi connectivity index (χ4n) is 1.65. The second-order valence-electron chi connectivity index (χ2n) is 4.00. The molecule has 0 atom stereocenters. The first kappa shape index (κ1) is 12.4. The van der Waals surface area contributed by atoms with Gasteiger partial charge in [0, 0.05) is 17.9 Å². The first-order valence-electron chi connectivity index (χ1n) is 5.20. The number of sulfone groups is 1. The third-order valence-corrected chi connectivity index (χ3v) is 3.70. The predicted octanol–water partition coefficient (Wildman–Crippen LogP) is 2.17. The quantitative estimate of drug-likeness (QED) is 0.871. The summed E-state index contributed by atoms with van der Waals surface area (Å²) in [5.74, 6) is -0.0777. The highest BCUT2D eigenvalue weighted by atomic mass is 32.2. The van der Waals surface area contributed by atoms with Gasteiger partial charge in [0.1, 0.15) is 11.5 Å². The highest BCUT2D eigenvalue weighted by molar-refractivity contribution is 7.90. The zero-order chi connectivity index (χ0) is 13.3. The molecule has 5 heteroatoms. The summed E-state index contributed by atoms with van der Waals surface area (Å²) >= 11 is 0. The molecule has 0 aliphatic carbocycles. The Morgan fingerprint density at radius 3 is 2.06 bits per heavy atom. The normalized spacial score (nSPS) is 11.4. The van der Waals surface area contributed by atoms with Gasteiger partial charge in [-0.25, -0.2) is 8.42 Å². The van der Waals surface area contributed by atoms with Crippen LogP contribution in [0.15, 0.2) is 47.4 Å². The SMILES string of the molecule is CS(=O)(=O)c1ccc(-c2ccc(O)cc2O)cc1. The maximum atomic E-state index is 11.3. The van der Waals surface area contributed by atoms with Crippen LogP contribution in [0.4, 0.5) is 0 Å². The third kappa shape index (κ3) is 2.46. The molecule has 0 aliphatic rings. The van der Waals surface area contributed by atoms with Gasteiger partial charge in [-0.15, -0.1) is 0 Å². The zero-order valence-corrected chi connectivity index (χ0v) is 10.5. The lowest BCUT2D eigenvalue weighted by atomic mass is 10.0. The summed E-state index contributed by atoms with van der Waals surface area (Å²) in [6.45, 7) is 0. The largest absolute Gasteiger partial charge is 0.508 e. The first-order valence-corrected chi connectivity index (χ1v) is 7.09. The van der Waals surface area contributed by atoms with Crippen LogP contribution in [-0.2, 0) is 9.84 Å². The van der Waals surface area contributed by atoms with E-state index in [4.69, 9.17) is 0 Å². The maximum absolute atomic E-state index is 11.3. The average molecular weight is 264 g/mol. The van der Waals surface area contributed by atoms with Crippen LogP contribution >= 0.6 is 0 Å². The van der Waals surface area contributed by atoms with Gasteiger partial charge < -0.3 is 10.2 Å². The minimum atomic E-state index is -3.22. The molecule has 0 unspecified atom stereocenters. The van der Waals surface area contributed by atoms with E-state index in [0.29, 0.717) is 11.1 Å². The molecule has 0 aliphatic heterocycles. The van der Waals surface area contributed by atoms with E-state index in [0.717, 1.165) is 6.26 Å². The fourth-order valence-corrected chi connectivity index (χ4v) is 2.28. The number of aromatic hydroxyl groups is 2. The van der Waals surface area contributed by atoms with E-state index in [1.807, 2.05) is 0 Å². The molecule has 0 heterocycles. The fraction of sp³-hybridized carbons (Fsp3) is 0.0769. The number of hydrogen-bond donors (Lipinski definition) is 2. The van der Waals surface area contributed by atoms with Crippen LogP contribution in [0, 0.1) is 0 Å². The second-order valence-corrected chi connectivity index (χ2v) is 6.01. The van der Waals surface area contributed by atoms with Gasteiger partial charge >= 0.3 is 0 Å². The third-order valence-electron chi connectivity index (χ3n) is 2.57. The van der Waals surface area contributed by atoms with Crippen molar-refractivity contribution in [2.75, 3.05) is 6.26 Å². The number of hydrogen-bond acceptors (Lipinski definition) is 4. The molecule has 0 saturated heterocycles. The van der Waals surface area contributed by atoms with E-state index in [2.05, 4.69) is 0 Å². The summed E-state index contributed by atoms with van der Waals surface area (Å²) < 4.78 is 22.6. The summed E-state index contributed by atoms with van der Waals surface area (Å²) in [5, 5.41) is 18.9. The van der Waals surface area contributed by atoms with E-state index in [9.17, 15) is 18.6 Å². The molecule has 0 spiro atoms. The van der Waals surface area contributed by atoms with Crippen molar-refractivity contribution >= 4 is 9.84 Å². The molecule has 18 heavy (non-hydrogen) atoms. The standard InChI is InChI=1S/C13H12O4S/c1-18(16,17)11-5-2-9(3-6-11)12-7-4-10(14)8-13(12)15/h2-8,14-15H,1H3. The van der Waals surface area contributed by atoms with Crippen molar-refractivity contribution in [1.82, 2.24) is 0 Å². The lowest BCUT2D eigenvalue weighted by molar-refractivity contribution is 0.452. The van der Waals surface area contributed by atoms with Crippen molar-refractivity contribution in [1.29, 1.82) is 0 Å². The monoisotopic (exact) mass is 264 g/mol. The van der Waals surface area contributed by atoms with Gasteiger partial charge in [-0.2, -0.15) is 0 Å². The molecular weight excluding hydrogens is 252 g/mol. The van der Waals surface area contributed by atoms with Crippen molar-refractivity contribution in [2.45, 2.75) is 4.90 Å². The molecule has 0 bridgehead atoms. The molecular formula is C13H12O4S. The smallest absolute Gasteiger partial charge is 0.175 e. The summed E-state index contributed by atoms with van der Waals surface area (Å²) in [7, 11) is -3.22. The number of phenols is 2. The average Bonchev–Trinajstić information content (AvgIpc) is 2.28. The molecule has 2 rings (SSSR count). The molecule has 2 aromatic carbocycles. The van der Waals surface area contributed by atoms with Gasteiger partial charge in [0.05, 0.1) is 4.90 Å². The highest BCUT2D eigenvalue weighted by Crippen LogP contribution is 2.32. The van der Waals surface area contributed by atoms with Crippen LogP contribution in [0.2, 0.25) is 0 Å². The van der Waals surface area contributed by atoms with Gasteiger partial charge in [-0.1, -0.05) is 12.1 Å². The zero-order valence-electron chi connectivity index (χ0n) is 9.66. The Kier molecular flexibility index (Phi) is 3.00. The molecule has 4 nitrogen and oxygen atoms in total.